The van der Waals surface area contributed by atoms with Gasteiger partial charge in [-0.2, -0.15) is 0 Å². The van der Waals surface area contributed by atoms with Crippen LogP contribution in [0.3, 0.4) is 0 Å². The maximum atomic E-state index is 12.0. The minimum Gasteiger partial charge on any atom is -0.496 e. The van der Waals surface area contributed by atoms with E-state index in [4.69, 9.17) is 17.0 Å². The van der Waals surface area contributed by atoms with Crippen molar-refractivity contribution in [3.8, 4) is 5.75 Å². The molecule has 0 heterocycles. The van der Waals surface area contributed by atoms with Crippen LogP contribution in [0.4, 0.5) is 0 Å². The van der Waals surface area contributed by atoms with Gasteiger partial charge < -0.3 is 10.1 Å². The van der Waals surface area contributed by atoms with Gasteiger partial charge in [-0.05, 0) is 37.5 Å². The highest BCUT2D eigenvalue weighted by atomic mass is 32.1. The molecule has 0 aliphatic carbocycles. The van der Waals surface area contributed by atoms with Crippen LogP contribution in [0, 0.1) is 12.8 Å². The van der Waals surface area contributed by atoms with E-state index in [9.17, 15) is 4.79 Å². The van der Waals surface area contributed by atoms with Gasteiger partial charge in [-0.15, -0.1) is 0 Å². The molecule has 0 radical (unpaired) electrons. The summed E-state index contributed by atoms with van der Waals surface area (Å²) in [6.45, 7) is 7.06. The molecule has 0 unspecified atom stereocenters. The molecule has 0 saturated heterocycles. The first kappa shape index (κ1) is 18.2. The van der Waals surface area contributed by atoms with Crippen LogP contribution in [0.5, 0.6) is 5.75 Å². The molecular weight excluding hydrogens is 298 g/mol. The Morgan fingerprint density at radius 2 is 2.05 bits per heavy atom. The van der Waals surface area contributed by atoms with Crippen LogP contribution >= 0.6 is 12.2 Å². The maximum Gasteiger partial charge on any atom is 0.242 e. The second-order valence-electron chi connectivity index (χ2n) is 5.60. The fourth-order valence-electron chi connectivity index (χ4n) is 1.91. The molecule has 3 N–H and O–H groups in total. The molecule has 0 atom stereocenters. The van der Waals surface area contributed by atoms with Crippen LogP contribution in [-0.4, -0.2) is 24.7 Å². The van der Waals surface area contributed by atoms with E-state index in [2.05, 4.69) is 30.0 Å². The Morgan fingerprint density at radius 1 is 1.32 bits per heavy atom. The van der Waals surface area contributed by atoms with Gasteiger partial charge in [0, 0.05) is 12.1 Å². The van der Waals surface area contributed by atoms with Crippen molar-refractivity contribution in [2.24, 2.45) is 5.92 Å². The quantitative estimate of drug-likeness (QED) is 0.553. The highest BCUT2D eigenvalue weighted by molar-refractivity contribution is 7.80. The molecule has 22 heavy (non-hydrogen) atoms. The van der Waals surface area contributed by atoms with Crippen LogP contribution < -0.4 is 20.9 Å². The normalized spacial score (nSPS) is 10.2. The molecule has 0 aliphatic heterocycles. The summed E-state index contributed by atoms with van der Waals surface area (Å²) >= 11 is 5.10. The van der Waals surface area contributed by atoms with Gasteiger partial charge in [-0.1, -0.05) is 31.5 Å². The Morgan fingerprint density at radius 3 is 2.68 bits per heavy atom. The number of aryl methyl sites for hydroxylation is 1. The lowest BCUT2D eigenvalue weighted by molar-refractivity contribution is -0.121. The molecule has 1 aromatic carbocycles. The molecule has 0 saturated carbocycles. The maximum absolute atomic E-state index is 12.0. The van der Waals surface area contributed by atoms with Gasteiger partial charge in [0.1, 0.15) is 5.75 Å². The van der Waals surface area contributed by atoms with Gasteiger partial charge in [0.25, 0.3) is 0 Å². The van der Waals surface area contributed by atoms with E-state index in [0.29, 0.717) is 16.8 Å². The Labute approximate surface area is 137 Å². The molecule has 0 spiro atoms. The van der Waals surface area contributed by atoms with Crippen LogP contribution in [0.2, 0.25) is 0 Å². The molecule has 0 aliphatic rings. The number of hydrazine groups is 1. The summed E-state index contributed by atoms with van der Waals surface area (Å²) in [7, 11) is 1.60. The van der Waals surface area contributed by atoms with Crippen molar-refractivity contribution in [3.05, 3.63) is 29.3 Å². The SMILES string of the molecule is COc1ccc(C)cc1CC(=O)NNC(=S)NCCC(C)C. The molecule has 122 valence electrons. The van der Waals surface area contributed by atoms with Crippen molar-refractivity contribution in [3.63, 3.8) is 0 Å². The Hall–Kier alpha value is -1.82. The molecule has 0 bridgehead atoms. The average Bonchev–Trinajstić information content (AvgIpc) is 2.45. The summed E-state index contributed by atoms with van der Waals surface area (Å²) in [6.07, 6.45) is 1.25. The third kappa shape index (κ3) is 6.76. The van der Waals surface area contributed by atoms with Gasteiger partial charge >= 0.3 is 0 Å². The Bertz CT molecular complexity index is 518. The van der Waals surface area contributed by atoms with Crippen LogP contribution in [0.25, 0.3) is 0 Å². The first-order valence-corrected chi connectivity index (χ1v) is 7.79. The Balaban J connectivity index is 2.40. The van der Waals surface area contributed by atoms with Crippen LogP contribution in [0.1, 0.15) is 31.4 Å². The highest BCUT2D eigenvalue weighted by Gasteiger charge is 2.09. The fraction of sp³-hybridized carbons (Fsp3) is 0.500. The lowest BCUT2D eigenvalue weighted by atomic mass is 10.1. The van der Waals surface area contributed by atoms with E-state index in [1.807, 2.05) is 25.1 Å². The van der Waals surface area contributed by atoms with E-state index in [0.717, 1.165) is 24.1 Å². The minimum absolute atomic E-state index is 0.170. The number of ether oxygens (including phenoxy) is 1. The number of rotatable bonds is 6. The molecule has 5 nitrogen and oxygen atoms in total. The monoisotopic (exact) mass is 323 g/mol. The predicted molar refractivity (Wildman–Crippen MR) is 92.8 cm³/mol. The number of methoxy groups -OCH3 is 1. The molecule has 1 rings (SSSR count). The van der Waals surface area contributed by atoms with E-state index in [-0.39, 0.29) is 12.3 Å². The second-order valence-corrected chi connectivity index (χ2v) is 6.01. The van der Waals surface area contributed by atoms with Crippen molar-refractivity contribution in [1.82, 2.24) is 16.2 Å². The number of hydrogen-bond acceptors (Lipinski definition) is 3. The minimum atomic E-state index is -0.170. The van der Waals surface area contributed by atoms with Crippen LogP contribution in [-0.2, 0) is 11.2 Å². The standard InChI is InChI=1S/C16H25N3O2S/c1-11(2)7-8-17-16(22)19-18-15(20)10-13-9-12(3)5-6-14(13)21-4/h5-6,9,11H,7-8,10H2,1-4H3,(H,18,20)(H2,17,19,22). The van der Waals surface area contributed by atoms with Crippen LogP contribution in [0.15, 0.2) is 18.2 Å². The molecule has 6 heteroatoms. The number of amides is 1. The average molecular weight is 323 g/mol. The second kappa shape index (κ2) is 9.25. The largest absolute Gasteiger partial charge is 0.496 e. The summed E-state index contributed by atoms with van der Waals surface area (Å²) in [5, 5.41) is 3.47. The van der Waals surface area contributed by atoms with Crippen molar-refractivity contribution in [2.45, 2.75) is 33.6 Å². The lowest BCUT2D eigenvalue weighted by Gasteiger charge is -2.13. The summed E-state index contributed by atoms with van der Waals surface area (Å²) in [4.78, 5) is 12.0. The number of hydrogen-bond donors (Lipinski definition) is 3. The van der Waals surface area contributed by atoms with Gasteiger partial charge in [-0.3, -0.25) is 15.6 Å². The highest BCUT2D eigenvalue weighted by Crippen LogP contribution is 2.19. The predicted octanol–water partition coefficient (Wildman–Crippen LogP) is 2.09. The number of carbonyl (C=O) groups is 1. The number of benzene rings is 1. The zero-order valence-corrected chi connectivity index (χ0v) is 14.5. The zero-order chi connectivity index (χ0) is 16.5. The van der Waals surface area contributed by atoms with Gasteiger partial charge in [0.05, 0.1) is 13.5 Å². The molecular formula is C16H25N3O2S. The Kier molecular flexibility index (Phi) is 7.66. The molecule has 0 fully saturated rings. The topological polar surface area (TPSA) is 62.4 Å². The van der Waals surface area contributed by atoms with Crippen molar-refractivity contribution >= 4 is 23.2 Å². The summed E-state index contributed by atoms with van der Waals surface area (Å²) < 4.78 is 5.26. The van der Waals surface area contributed by atoms with E-state index in [1.54, 1.807) is 7.11 Å². The first-order chi connectivity index (χ1) is 10.4. The molecule has 1 aromatic rings. The van der Waals surface area contributed by atoms with E-state index in [1.165, 1.54) is 0 Å². The van der Waals surface area contributed by atoms with E-state index < -0.39 is 0 Å². The van der Waals surface area contributed by atoms with Gasteiger partial charge in [0.2, 0.25) is 5.91 Å². The van der Waals surface area contributed by atoms with Gasteiger partial charge in [0.15, 0.2) is 5.11 Å². The van der Waals surface area contributed by atoms with E-state index >= 15 is 0 Å². The smallest absolute Gasteiger partial charge is 0.242 e. The third-order valence-corrected chi connectivity index (χ3v) is 3.36. The lowest BCUT2D eigenvalue weighted by Crippen LogP contribution is -2.47. The van der Waals surface area contributed by atoms with Crippen molar-refractivity contribution in [1.29, 1.82) is 0 Å². The van der Waals surface area contributed by atoms with Crippen molar-refractivity contribution in [2.75, 3.05) is 13.7 Å². The number of thiocarbonyl (C=S) groups is 1. The first-order valence-electron chi connectivity index (χ1n) is 7.38. The number of carbonyl (C=O) groups excluding carboxylic acids is 1. The third-order valence-electron chi connectivity index (χ3n) is 3.11. The number of nitrogens with one attached hydrogen (secondary N) is 3. The molecule has 0 aromatic heterocycles. The van der Waals surface area contributed by atoms with Gasteiger partial charge in [-0.25, -0.2) is 0 Å². The summed E-state index contributed by atoms with van der Waals surface area (Å²) in [5.74, 6) is 1.15. The summed E-state index contributed by atoms with van der Waals surface area (Å²) in [6, 6.07) is 5.76. The molecule has 1 amide bonds. The zero-order valence-electron chi connectivity index (χ0n) is 13.7. The van der Waals surface area contributed by atoms with Crippen molar-refractivity contribution < 1.29 is 9.53 Å². The summed E-state index contributed by atoms with van der Waals surface area (Å²) in [5.41, 5.74) is 7.23. The fourth-order valence-corrected chi connectivity index (χ4v) is 2.06.